The number of amides is 1. The van der Waals surface area contributed by atoms with Gasteiger partial charge in [0.2, 0.25) is 0 Å². The zero-order valence-electron chi connectivity index (χ0n) is 21.0. The number of phenols is 1. The average molecular weight is 503 g/mol. The van der Waals surface area contributed by atoms with E-state index in [2.05, 4.69) is 10.2 Å². The quantitative estimate of drug-likeness (QED) is 0.562. The molecule has 5 fully saturated rings. The number of aliphatic hydroxyl groups is 1. The van der Waals surface area contributed by atoms with Crippen molar-refractivity contribution in [2.24, 2.45) is 5.92 Å². The smallest absolute Gasteiger partial charge is 0.252 e. The molecule has 2 spiro atoms. The van der Waals surface area contributed by atoms with Gasteiger partial charge in [0.25, 0.3) is 5.91 Å². The predicted octanol–water partition coefficient (Wildman–Crippen LogP) is 2.45. The third-order valence-corrected chi connectivity index (χ3v) is 10.4. The molecule has 3 saturated heterocycles. The summed E-state index contributed by atoms with van der Waals surface area (Å²) in [5.74, 6) is 1.09. The van der Waals surface area contributed by atoms with Crippen molar-refractivity contribution in [1.82, 2.24) is 10.2 Å². The van der Waals surface area contributed by atoms with Crippen molar-refractivity contribution in [2.45, 2.75) is 79.8 Å². The Kier molecular flexibility index (Phi) is 4.53. The highest BCUT2D eigenvalue weighted by Crippen LogP contribution is 2.71. The number of carbonyl (C=O) groups excluding carboxylic acids is 1. The van der Waals surface area contributed by atoms with Gasteiger partial charge in [-0.3, -0.25) is 9.69 Å². The average Bonchev–Trinajstić information content (AvgIpc) is 3.64. The Hall–Kier alpha value is -2.61. The number of hydrogen-bond donors (Lipinski definition) is 3. The van der Waals surface area contributed by atoms with Crippen molar-refractivity contribution in [2.75, 3.05) is 19.6 Å². The summed E-state index contributed by atoms with van der Waals surface area (Å²) in [5.41, 5.74) is 0.744. The molecule has 1 amide bonds. The van der Waals surface area contributed by atoms with Gasteiger partial charge in [0.05, 0.1) is 11.0 Å². The van der Waals surface area contributed by atoms with Gasteiger partial charge in [-0.25, -0.2) is 0 Å². The maximum atomic E-state index is 13.7. The van der Waals surface area contributed by atoms with E-state index < -0.39 is 28.8 Å². The third-order valence-electron chi connectivity index (χ3n) is 10.4. The second-order valence-electron chi connectivity index (χ2n) is 12.2. The van der Waals surface area contributed by atoms with E-state index in [-0.39, 0.29) is 17.7 Å². The summed E-state index contributed by atoms with van der Waals surface area (Å²) in [6.07, 6.45) is 4.43. The summed E-state index contributed by atoms with van der Waals surface area (Å²) in [7, 11) is 0. The summed E-state index contributed by atoms with van der Waals surface area (Å²) < 4.78 is 13.5. The first-order valence-corrected chi connectivity index (χ1v) is 13.9. The molecule has 0 radical (unpaired) electrons. The van der Waals surface area contributed by atoms with Crippen molar-refractivity contribution in [3.05, 3.63) is 59.2 Å². The Labute approximate surface area is 216 Å². The van der Waals surface area contributed by atoms with Crippen LogP contribution < -0.4 is 10.1 Å². The first-order chi connectivity index (χ1) is 18.0. The number of likely N-dealkylation sites (tertiary alicyclic amines) is 1. The number of nitrogens with one attached hydrogen (secondary N) is 1. The molecule has 6 atom stereocenters. The zero-order valence-corrected chi connectivity index (χ0v) is 21.0. The number of rotatable bonds is 6. The predicted molar refractivity (Wildman–Crippen MR) is 136 cm³/mol. The molecule has 2 aromatic carbocycles. The number of fused-ring (bicyclic) bond motifs is 2. The highest BCUT2D eigenvalue weighted by atomic mass is 16.6. The molecule has 194 valence electrons. The van der Waals surface area contributed by atoms with Crippen LogP contribution in [0.2, 0.25) is 0 Å². The number of nitrogens with zero attached hydrogens (tertiary/aromatic N) is 1. The lowest BCUT2D eigenvalue weighted by Crippen LogP contribution is -2.87. The lowest BCUT2D eigenvalue weighted by molar-refractivity contribution is -0.345. The van der Waals surface area contributed by atoms with Gasteiger partial charge in [0, 0.05) is 24.7 Å². The first kappa shape index (κ1) is 22.4. The standard InChI is InChI=1S/C30H34N2O5/c33-21-9-8-20-16-22-30-12-11-29(35,25(37-30)26(34)31-14-10-18-4-2-1-3-5-18)27-28(30,23(20)24(21)36-27)13-15-32(22)17-19-6-7-19/h1-5,8-9,19,22,25,27,33,35H,6-7,10-17H2,(H,31,34). The van der Waals surface area contributed by atoms with Crippen LogP contribution in [0.1, 0.15) is 48.8 Å². The van der Waals surface area contributed by atoms with E-state index in [1.165, 1.54) is 18.4 Å². The summed E-state index contributed by atoms with van der Waals surface area (Å²) >= 11 is 0. The third kappa shape index (κ3) is 2.80. The molecule has 37 heavy (non-hydrogen) atoms. The normalized spacial score (nSPS) is 38.7. The van der Waals surface area contributed by atoms with Gasteiger partial charge in [0.1, 0.15) is 11.7 Å². The monoisotopic (exact) mass is 502 g/mol. The minimum absolute atomic E-state index is 0.114. The second-order valence-corrected chi connectivity index (χ2v) is 12.2. The van der Waals surface area contributed by atoms with Crippen LogP contribution in [0.5, 0.6) is 11.5 Å². The Balaban J connectivity index is 1.18. The summed E-state index contributed by atoms with van der Waals surface area (Å²) in [6.45, 7) is 2.46. The van der Waals surface area contributed by atoms with Crippen molar-refractivity contribution < 1.29 is 24.5 Å². The van der Waals surface area contributed by atoms with Crippen LogP contribution in [0.15, 0.2) is 42.5 Å². The number of aromatic hydroxyl groups is 1. The Morgan fingerprint density at radius 2 is 1.95 bits per heavy atom. The van der Waals surface area contributed by atoms with Crippen molar-refractivity contribution in [3.8, 4) is 11.5 Å². The van der Waals surface area contributed by atoms with Crippen LogP contribution >= 0.6 is 0 Å². The molecule has 4 aliphatic heterocycles. The highest BCUT2D eigenvalue weighted by molar-refractivity contribution is 5.83. The van der Waals surface area contributed by atoms with E-state index in [9.17, 15) is 15.0 Å². The maximum absolute atomic E-state index is 13.7. The van der Waals surface area contributed by atoms with Crippen molar-refractivity contribution in [1.29, 1.82) is 0 Å². The topological polar surface area (TPSA) is 91.3 Å². The van der Waals surface area contributed by atoms with Crippen LogP contribution in [-0.2, 0) is 27.8 Å². The van der Waals surface area contributed by atoms with Gasteiger partial charge in [-0.1, -0.05) is 36.4 Å². The van der Waals surface area contributed by atoms with Crippen LogP contribution in [0.3, 0.4) is 0 Å². The number of ether oxygens (including phenoxy) is 2. The Bertz CT molecular complexity index is 1280. The summed E-state index contributed by atoms with van der Waals surface area (Å²) in [6, 6.07) is 13.9. The molecule has 2 aromatic rings. The molecule has 3 N–H and O–H groups in total. The fourth-order valence-electron chi connectivity index (χ4n) is 8.67. The van der Waals surface area contributed by atoms with E-state index in [4.69, 9.17) is 9.47 Å². The number of hydrogen-bond acceptors (Lipinski definition) is 6. The van der Waals surface area contributed by atoms with E-state index in [0.29, 0.717) is 31.6 Å². The maximum Gasteiger partial charge on any atom is 0.252 e. The molecule has 3 aliphatic carbocycles. The van der Waals surface area contributed by atoms with Gasteiger partial charge in [-0.15, -0.1) is 0 Å². The van der Waals surface area contributed by atoms with Gasteiger partial charge < -0.3 is 25.0 Å². The molecular weight excluding hydrogens is 468 g/mol. The molecule has 7 nitrogen and oxygen atoms in total. The van der Waals surface area contributed by atoms with E-state index in [0.717, 1.165) is 43.0 Å². The number of benzene rings is 2. The molecular formula is C30H34N2O5. The highest BCUT2D eigenvalue weighted by Gasteiger charge is 2.82. The summed E-state index contributed by atoms with van der Waals surface area (Å²) in [4.78, 5) is 16.3. The van der Waals surface area contributed by atoms with E-state index in [1.807, 2.05) is 36.4 Å². The molecule has 7 heteroatoms. The molecule has 7 aliphatic rings. The number of carbonyl (C=O) groups is 1. The Morgan fingerprint density at radius 3 is 2.76 bits per heavy atom. The lowest BCUT2D eigenvalue weighted by Gasteiger charge is -2.72. The largest absolute Gasteiger partial charge is 0.504 e. The van der Waals surface area contributed by atoms with Crippen LogP contribution in [0.25, 0.3) is 0 Å². The van der Waals surface area contributed by atoms with Gasteiger partial charge in [-0.2, -0.15) is 0 Å². The van der Waals surface area contributed by atoms with E-state index in [1.54, 1.807) is 6.07 Å². The second kappa shape index (κ2) is 7.49. The fraction of sp³-hybridized carbons (Fsp3) is 0.567. The fourth-order valence-corrected chi connectivity index (χ4v) is 8.67. The van der Waals surface area contributed by atoms with E-state index >= 15 is 0 Å². The SMILES string of the molecule is O=C(NCCc1ccccc1)C1OC23CCC1(O)C1Oc4c(O)ccc5c4C12CCN(CC1CC1)C3C5. The molecule has 4 heterocycles. The molecule has 4 bridgehead atoms. The van der Waals surface area contributed by atoms with Crippen LogP contribution in [0.4, 0.5) is 0 Å². The molecule has 9 rings (SSSR count). The summed E-state index contributed by atoms with van der Waals surface area (Å²) in [5, 5.41) is 26.1. The van der Waals surface area contributed by atoms with Gasteiger partial charge >= 0.3 is 0 Å². The first-order valence-electron chi connectivity index (χ1n) is 13.9. The van der Waals surface area contributed by atoms with Gasteiger partial charge in [-0.05, 0) is 74.6 Å². The molecule has 6 unspecified atom stereocenters. The van der Waals surface area contributed by atoms with Crippen LogP contribution in [0, 0.1) is 5.92 Å². The number of piperidine rings is 1. The molecule has 0 aromatic heterocycles. The lowest BCUT2D eigenvalue weighted by atomic mass is 9.44. The van der Waals surface area contributed by atoms with Gasteiger partial charge in [0.15, 0.2) is 17.6 Å². The van der Waals surface area contributed by atoms with Crippen LogP contribution in [-0.4, -0.2) is 70.1 Å². The zero-order chi connectivity index (χ0) is 25.0. The minimum Gasteiger partial charge on any atom is -0.504 e. The number of phenolic OH excluding ortho intramolecular Hbond substituents is 1. The minimum atomic E-state index is -1.46. The van der Waals surface area contributed by atoms with Crippen molar-refractivity contribution >= 4 is 5.91 Å². The van der Waals surface area contributed by atoms with Crippen molar-refractivity contribution in [3.63, 3.8) is 0 Å². The molecule has 2 saturated carbocycles. The Morgan fingerprint density at radius 1 is 1.11 bits per heavy atom.